The Hall–Kier alpha value is -1.10. The summed E-state index contributed by atoms with van der Waals surface area (Å²) in [4.78, 5) is 11.3. The van der Waals surface area contributed by atoms with Gasteiger partial charge in [-0.1, -0.05) is 15.9 Å². The molecule has 16 heavy (non-hydrogen) atoms. The Balaban J connectivity index is 2.35. The number of alkyl halides is 1. The Bertz CT molecular complexity index is 423. The van der Waals surface area contributed by atoms with Crippen molar-refractivity contribution >= 4 is 27.5 Å². The summed E-state index contributed by atoms with van der Waals surface area (Å²) in [6, 6.07) is 2.74. The average Bonchev–Trinajstić information content (AvgIpc) is 2.26. The quantitative estimate of drug-likeness (QED) is 0.868. The number of nitrogens with one attached hydrogen (secondary N) is 1. The lowest BCUT2D eigenvalue weighted by Crippen LogP contribution is -2.20. The summed E-state index contributed by atoms with van der Waals surface area (Å²) in [5.74, 6) is 0.0183. The summed E-state index contributed by atoms with van der Waals surface area (Å²) < 4.78 is 18.7. The van der Waals surface area contributed by atoms with E-state index in [9.17, 15) is 9.18 Å². The minimum atomic E-state index is -0.334. The van der Waals surface area contributed by atoms with Crippen LogP contribution in [0.2, 0.25) is 0 Å². The Morgan fingerprint density at radius 2 is 2.25 bits per heavy atom. The Kier molecular flexibility index (Phi) is 3.43. The van der Waals surface area contributed by atoms with Crippen molar-refractivity contribution in [3.05, 3.63) is 23.5 Å². The fourth-order valence-electron chi connectivity index (χ4n) is 1.69. The van der Waals surface area contributed by atoms with Crippen molar-refractivity contribution in [3.8, 4) is 5.75 Å². The van der Waals surface area contributed by atoms with Crippen molar-refractivity contribution in [2.24, 2.45) is 0 Å². The fourth-order valence-corrected chi connectivity index (χ4v) is 1.85. The van der Waals surface area contributed by atoms with Crippen molar-refractivity contribution in [1.82, 2.24) is 0 Å². The van der Waals surface area contributed by atoms with Gasteiger partial charge in [0.1, 0.15) is 11.6 Å². The highest BCUT2D eigenvalue weighted by molar-refractivity contribution is 9.09. The van der Waals surface area contributed by atoms with Crippen LogP contribution in [-0.2, 0) is 11.2 Å². The molecule has 0 spiro atoms. The first kappa shape index (κ1) is 11.4. The first-order valence-corrected chi connectivity index (χ1v) is 6.14. The largest absolute Gasteiger partial charge is 0.490 e. The molecule has 1 aliphatic heterocycles. The summed E-state index contributed by atoms with van der Waals surface area (Å²) in [7, 11) is 0. The minimum absolute atomic E-state index is 0.0530. The molecule has 1 N–H and O–H groups in total. The van der Waals surface area contributed by atoms with Gasteiger partial charge in [0.25, 0.3) is 0 Å². The molecule has 3 nitrogen and oxygen atoms in total. The third-order valence-corrected chi connectivity index (χ3v) is 2.69. The van der Waals surface area contributed by atoms with Crippen LogP contribution in [-0.4, -0.2) is 17.8 Å². The number of benzene rings is 1. The van der Waals surface area contributed by atoms with E-state index in [4.69, 9.17) is 4.74 Å². The van der Waals surface area contributed by atoms with Crippen LogP contribution in [0.15, 0.2) is 12.1 Å². The van der Waals surface area contributed by atoms with Crippen LogP contribution in [0.1, 0.15) is 12.0 Å². The predicted molar refractivity (Wildman–Crippen MR) is 62.6 cm³/mol. The fraction of sp³-hybridized carbons (Fsp3) is 0.364. The normalized spacial score (nSPS) is 14.2. The van der Waals surface area contributed by atoms with E-state index in [2.05, 4.69) is 21.2 Å². The topological polar surface area (TPSA) is 38.3 Å². The molecule has 0 aromatic heterocycles. The third kappa shape index (κ3) is 2.35. The monoisotopic (exact) mass is 287 g/mol. The molecule has 0 aliphatic carbocycles. The van der Waals surface area contributed by atoms with E-state index in [-0.39, 0.29) is 11.7 Å². The van der Waals surface area contributed by atoms with Crippen LogP contribution in [0.25, 0.3) is 0 Å². The number of carbonyl (C=O) groups excluding carboxylic acids is 1. The van der Waals surface area contributed by atoms with Crippen molar-refractivity contribution in [2.45, 2.75) is 12.8 Å². The van der Waals surface area contributed by atoms with Crippen molar-refractivity contribution in [3.63, 3.8) is 0 Å². The summed E-state index contributed by atoms with van der Waals surface area (Å²) in [5, 5.41) is 3.38. The van der Waals surface area contributed by atoms with E-state index < -0.39 is 0 Å². The van der Waals surface area contributed by atoms with Gasteiger partial charge in [-0.15, -0.1) is 0 Å². The average molecular weight is 288 g/mol. The number of fused-ring (bicyclic) bond motifs is 1. The van der Waals surface area contributed by atoms with Crippen molar-refractivity contribution < 1.29 is 13.9 Å². The molecule has 0 bridgehead atoms. The predicted octanol–water partition coefficient (Wildman–Crippen LogP) is 2.48. The summed E-state index contributed by atoms with van der Waals surface area (Å²) in [6.07, 6.45) is 0.956. The Morgan fingerprint density at radius 1 is 1.44 bits per heavy atom. The lowest BCUT2D eigenvalue weighted by molar-refractivity contribution is -0.116. The molecule has 1 heterocycles. The first-order valence-electron chi connectivity index (χ1n) is 5.01. The zero-order valence-corrected chi connectivity index (χ0v) is 10.1. The van der Waals surface area contributed by atoms with E-state index in [0.29, 0.717) is 36.2 Å². The lowest BCUT2D eigenvalue weighted by atomic mass is 10.0. The Morgan fingerprint density at radius 3 is 3.00 bits per heavy atom. The molecule has 1 aliphatic rings. The second-order valence-electron chi connectivity index (χ2n) is 3.52. The zero-order chi connectivity index (χ0) is 11.5. The number of rotatable bonds is 3. The molecule has 0 saturated heterocycles. The van der Waals surface area contributed by atoms with Crippen LogP contribution < -0.4 is 10.1 Å². The molecule has 1 amide bonds. The maximum atomic E-state index is 13.3. The molecular weight excluding hydrogens is 277 g/mol. The molecule has 0 saturated carbocycles. The molecule has 0 radical (unpaired) electrons. The van der Waals surface area contributed by atoms with Crippen LogP contribution in [0.3, 0.4) is 0 Å². The van der Waals surface area contributed by atoms with E-state index in [0.717, 1.165) is 5.56 Å². The lowest BCUT2D eigenvalue weighted by Gasteiger charge is -2.20. The molecule has 1 aromatic carbocycles. The second-order valence-corrected chi connectivity index (χ2v) is 4.32. The van der Waals surface area contributed by atoms with Gasteiger partial charge >= 0.3 is 0 Å². The smallest absolute Gasteiger partial charge is 0.224 e. The molecular formula is C11H11BrFNO2. The second kappa shape index (κ2) is 4.82. The highest BCUT2D eigenvalue weighted by Crippen LogP contribution is 2.33. The first-order chi connectivity index (χ1) is 7.70. The van der Waals surface area contributed by atoms with Crippen LogP contribution >= 0.6 is 15.9 Å². The van der Waals surface area contributed by atoms with Gasteiger partial charge in [-0.3, -0.25) is 4.79 Å². The number of aryl methyl sites for hydroxylation is 1. The van der Waals surface area contributed by atoms with Crippen molar-refractivity contribution in [1.29, 1.82) is 0 Å². The van der Waals surface area contributed by atoms with Gasteiger partial charge < -0.3 is 10.1 Å². The van der Waals surface area contributed by atoms with Crippen LogP contribution in [0, 0.1) is 5.82 Å². The summed E-state index contributed by atoms with van der Waals surface area (Å²) in [5.41, 5.74) is 1.41. The van der Waals surface area contributed by atoms with Crippen LogP contribution in [0.5, 0.6) is 5.75 Å². The number of amides is 1. The highest BCUT2D eigenvalue weighted by atomic mass is 79.9. The summed E-state index contributed by atoms with van der Waals surface area (Å²) in [6.45, 7) is 0.436. The van der Waals surface area contributed by atoms with Gasteiger partial charge in [-0.25, -0.2) is 4.39 Å². The Labute approximate surface area is 101 Å². The molecule has 0 atom stereocenters. The van der Waals surface area contributed by atoms with Gasteiger partial charge in [0.2, 0.25) is 5.91 Å². The van der Waals surface area contributed by atoms with Gasteiger partial charge in [0.15, 0.2) is 0 Å². The SMILES string of the molecule is O=C1CCc2cc(F)cc(OCCBr)c2N1. The van der Waals surface area contributed by atoms with Gasteiger partial charge in [-0.2, -0.15) is 0 Å². The number of ether oxygens (including phenoxy) is 1. The number of anilines is 1. The maximum Gasteiger partial charge on any atom is 0.224 e. The minimum Gasteiger partial charge on any atom is -0.490 e. The van der Waals surface area contributed by atoms with Gasteiger partial charge in [0, 0.05) is 17.8 Å². The number of carbonyl (C=O) groups is 1. The molecule has 86 valence electrons. The molecule has 5 heteroatoms. The maximum absolute atomic E-state index is 13.3. The molecule has 0 unspecified atom stereocenters. The molecule has 0 fully saturated rings. The number of halogens is 2. The zero-order valence-electron chi connectivity index (χ0n) is 8.56. The van der Waals surface area contributed by atoms with Crippen molar-refractivity contribution in [2.75, 3.05) is 17.3 Å². The van der Waals surface area contributed by atoms with Crippen LogP contribution in [0.4, 0.5) is 10.1 Å². The third-order valence-electron chi connectivity index (χ3n) is 2.37. The van der Waals surface area contributed by atoms with Gasteiger partial charge in [-0.05, 0) is 18.1 Å². The van der Waals surface area contributed by atoms with E-state index in [1.54, 1.807) is 0 Å². The van der Waals surface area contributed by atoms with E-state index >= 15 is 0 Å². The molecule has 2 rings (SSSR count). The summed E-state index contributed by atoms with van der Waals surface area (Å²) >= 11 is 3.23. The van der Waals surface area contributed by atoms with E-state index in [1.165, 1.54) is 12.1 Å². The van der Waals surface area contributed by atoms with Gasteiger partial charge in [0.05, 0.1) is 12.3 Å². The molecule has 1 aromatic rings. The van der Waals surface area contributed by atoms with E-state index in [1.807, 2.05) is 0 Å². The standard InChI is InChI=1S/C11H11BrFNO2/c12-3-4-16-9-6-8(13)5-7-1-2-10(15)14-11(7)9/h5-6H,1-4H2,(H,14,15). The number of hydrogen-bond acceptors (Lipinski definition) is 2. The number of hydrogen-bond donors (Lipinski definition) is 1. The highest BCUT2D eigenvalue weighted by Gasteiger charge is 2.20.